The lowest BCUT2D eigenvalue weighted by molar-refractivity contribution is -0.135. The minimum Gasteiger partial charge on any atom is -0.493 e. The second-order valence-corrected chi connectivity index (χ2v) is 8.68. The normalized spacial score (nSPS) is 21.4. The van der Waals surface area contributed by atoms with Crippen LogP contribution in [-0.2, 0) is 10.2 Å². The highest BCUT2D eigenvalue weighted by Crippen LogP contribution is 2.52. The largest absolute Gasteiger partial charge is 0.493 e. The van der Waals surface area contributed by atoms with Crippen molar-refractivity contribution in [2.75, 3.05) is 26.4 Å². The van der Waals surface area contributed by atoms with Crippen LogP contribution in [0.15, 0.2) is 42.5 Å². The Hall–Kier alpha value is -2.69. The van der Waals surface area contributed by atoms with Crippen LogP contribution in [-0.4, -0.2) is 37.2 Å². The van der Waals surface area contributed by atoms with Crippen molar-refractivity contribution < 1.29 is 19.0 Å². The lowest BCUT2D eigenvalue weighted by atomic mass is 9.71. The quantitative estimate of drug-likeness (QED) is 0.741. The SMILES string of the molecule is CC1c2cc3c(cc2C2(CCCC2)CN1C(=O)CCOc1ccccc1)OCCO3. The number of amides is 1. The van der Waals surface area contributed by atoms with Gasteiger partial charge < -0.3 is 19.1 Å². The van der Waals surface area contributed by atoms with Crippen molar-refractivity contribution in [1.82, 2.24) is 4.90 Å². The maximum Gasteiger partial charge on any atom is 0.226 e. The summed E-state index contributed by atoms with van der Waals surface area (Å²) in [6.07, 6.45) is 5.05. The number of carbonyl (C=O) groups is 1. The van der Waals surface area contributed by atoms with Crippen LogP contribution >= 0.6 is 0 Å². The number of para-hydroxylation sites is 1. The summed E-state index contributed by atoms with van der Waals surface area (Å²) in [7, 11) is 0. The summed E-state index contributed by atoms with van der Waals surface area (Å²) in [4.78, 5) is 15.3. The van der Waals surface area contributed by atoms with Gasteiger partial charge in [0.2, 0.25) is 5.91 Å². The van der Waals surface area contributed by atoms with Crippen molar-refractivity contribution in [3.05, 3.63) is 53.6 Å². The average Bonchev–Trinajstić information content (AvgIpc) is 3.25. The molecule has 1 spiro atoms. The molecule has 1 amide bonds. The first kappa shape index (κ1) is 19.3. The monoisotopic (exact) mass is 407 g/mol. The molecule has 158 valence electrons. The van der Waals surface area contributed by atoms with Crippen LogP contribution in [0.1, 0.15) is 56.2 Å². The molecule has 0 bridgehead atoms. The summed E-state index contributed by atoms with van der Waals surface area (Å²) in [5.74, 6) is 2.62. The van der Waals surface area contributed by atoms with Gasteiger partial charge in [0.1, 0.15) is 19.0 Å². The van der Waals surface area contributed by atoms with Gasteiger partial charge in [0.15, 0.2) is 11.5 Å². The van der Waals surface area contributed by atoms with E-state index in [-0.39, 0.29) is 17.4 Å². The molecule has 5 heteroatoms. The van der Waals surface area contributed by atoms with Crippen LogP contribution < -0.4 is 14.2 Å². The zero-order valence-corrected chi connectivity index (χ0v) is 17.6. The van der Waals surface area contributed by atoms with E-state index in [1.54, 1.807) is 0 Å². The second-order valence-electron chi connectivity index (χ2n) is 8.68. The molecule has 5 rings (SSSR count). The molecule has 1 aliphatic carbocycles. The van der Waals surface area contributed by atoms with E-state index in [0.29, 0.717) is 26.2 Å². The predicted molar refractivity (Wildman–Crippen MR) is 114 cm³/mol. The third kappa shape index (κ3) is 3.40. The van der Waals surface area contributed by atoms with Crippen LogP contribution in [0.5, 0.6) is 17.2 Å². The standard InChI is InChI=1S/C25H29NO4/c1-18-20-15-22-23(30-14-13-29-22)16-21(20)25(10-5-6-11-25)17-26(18)24(27)9-12-28-19-7-3-2-4-8-19/h2-4,7-8,15-16,18H,5-6,9-14,17H2,1H3. The zero-order chi connectivity index (χ0) is 20.6. The van der Waals surface area contributed by atoms with E-state index in [1.165, 1.54) is 24.0 Å². The third-order valence-electron chi connectivity index (χ3n) is 6.89. The van der Waals surface area contributed by atoms with E-state index < -0.39 is 0 Å². The molecule has 3 aliphatic rings. The van der Waals surface area contributed by atoms with E-state index in [4.69, 9.17) is 14.2 Å². The Balaban J connectivity index is 1.39. The fraction of sp³-hybridized carbons (Fsp3) is 0.480. The Kier molecular flexibility index (Phi) is 5.05. The predicted octanol–water partition coefficient (Wildman–Crippen LogP) is 4.64. The maximum atomic E-state index is 13.2. The van der Waals surface area contributed by atoms with Gasteiger partial charge in [-0.1, -0.05) is 31.0 Å². The van der Waals surface area contributed by atoms with Gasteiger partial charge in [0.25, 0.3) is 0 Å². The van der Waals surface area contributed by atoms with Crippen molar-refractivity contribution >= 4 is 5.91 Å². The molecular weight excluding hydrogens is 378 g/mol. The Morgan fingerprint density at radius 2 is 1.80 bits per heavy atom. The summed E-state index contributed by atoms with van der Waals surface area (Å²) >= 11 is 0. The summed E-state index contributed by atoms with van der Waals surface area (Å²) in [6.45, 7) is 4.48. The topological polar surface area (TPSA) is 48.0 Å². The van der Waals surface area contributed by atoms with E-state index in [9.17, 15) is 4.79 Å². The van der Waals surface area contributed by atoms with E-state index in [1.807, 2.05) is 30.3 Å². The molecule has 0 saturated heterocycles. The van der Waals surface area contributed by atoms with E-state index in [0.717, 1.165) is 36.6 Å². The van der Waals surface area contributed by atoms with Gasteiger partial charge in [-0.15, -0.1) is 0 Å². The fourth-order valence-corrected chi connectivity index (χ4v) is 5.33. The highest BCUT2D eigenvalue weighted by atomic mass is 16.6. The molecular formula is C25H29NO4. The average molecular weight is 408 g/mol. The number of hydrogen-bond acceptors (Lipinski definition) is 4. The fourth-order valence-electron chi connectivity index (χ4n) is 5.33. The van der Waals surface area contributed by atoms with Gasteiger partial charge in [-0.3, -0.25) is 4.79 Å². The molecule has 1 fully saturated rings. The Labute approximate surface area is 177 Å². The maximum absolute atomic E-state index is 13.2. The molecule has 0 N–H and O–H groups in total. The smallest absolute Gasteiger partial charge is 0.226 e. The molecule has 30 heavy (non-hydrogen) atoms. The van der Waals surface area contributed by atoms with Gasteiger partial charge in [-0.2, -0.15) is 0 Å². The highest BCUT2D eigenvalue weighted by Gasteiger charge is 2.46. The molecule has 2 heterocycles. The first-order chi connectivity index (χ1) is 14.7. The lowest BCUT2D eigenvalue weighted by Gasteiger charge is -2.46. The van der Waals surface area contributed by atoms with Crippen molar-refractivity contribution in [2.45, 2.75) is 50.5 Å². The van der Waals surface area contributed by atoms with Gasteiger partial charge >= 0.3 is 0 Å². The molecule has 1 saturated carbocycles. The number of nitrogens with zero attached hydrogens (tertiary/aromatic N) is 1. The number of ether oxygens (including phenoxy) is 3. The molecule has 0 radical (unpaired) electrons. The van der Waals surface area contributed by atoms with Crippen LogP contribution in [0, 0.1) is 0 Å². The molecule has 1 atom stereocenters. The van der Waals surface area contributed by atoms with Crippen LogP contribution in [0.2, 0.25) is 0 Å². The summed E-state index contributed by atoms with van der Waals surface area (Å²) in [6, 6.07) is 14.0. The van der Waals surface area contributed by atoms with E-state index in [2.05, 4.69) is 24.0 Å². The van der Waals surface area contributed by atoms with Crippen LogP contribution in [0.25, 0.3) is 0 Å². The van der Waals surface area contributed by atoms with Crippen LogP contribution in [0.4, 0.5) is 0 Å². The molecule has 0 aromatic heterocycles. The third-order valence-corrected chi connectivity index (χ3v) is 6.89. The van der Waals surface area contributed by atoms with Crippen molar-refractivity contribution in [2.24, 2.45) is 0 Å². The van der Waals surface area contributed by atoms with Crippen molar-refractivity contribution in [1.29, 1.82) is 0 Å². The second kappa shape index (κ2) is 7.86. The number of benzene rings is 2. The number of hydrogen-bond donors (Lipinski definition) is 0. The Morgan fingerprint density at radius 3 is 2.53 bits per heavy atom. The Bertz CT molecular complexity index is 920. The molecule has 2 aromatic carbocycles. The minimum absolute atomic E-state index is 0.0197. The van der Waals surface area contributed by atoms with Gasteiger partial charge in [0, 0.05) is 12.0 Å². The molecule has 2 aliphatic heterocycles. The van der Waals surface area contributed by atoms with Crippen molar-refractivity contribution in [3.8, 4) is 17.2 Å². The lowest BCUT2D eigenvalue weighted by Crippen LogP contribution is -2.49. The van der Waals surface area contributed by atoms with Gasteiger partial charge in [0.05, 0.1) is 19.1 Å². The molecule has 5 nitrogen and oxygen atoms in total. The van der Waals surface area contributed by atoms with Gasteiger partial charge in [-0.05, 0) is 55.2 Å². The number of rotatable bonds is 4. The highest BCUT2D eigenvalue weighted by molar-refractivity contribution is 5.78. The molecule has 2 aromatic rings. The van der Waals surface area contributed by atoms with E-state index >= 15 is 0 Å². The first-order valence-corrected chi connectivity index (χ1v) is 11.1. The zero-order valence-electron chi connectivity index (χ0n) is 17.6. The summed E-state index contributed by atoms with van der Waals surface area (Å²) in [5, 5.41) is 0. The van der Waals surface area contributed by atoms with Gasteiger partial charge in [-0.25, -0.2) is 0 Å². The summed E-state index contributed by atoms with van der Waals surface area (Å²) in [5.41, 5.74) is 2.61. The number of carbonyl (C=O) groups excluding carboxylic acids is 1. The molecule has 1 unspecified atom stereocenters. The summed E-state index contributed by atoms with van der Waals surface area (Å²) < 4.78 is 17.5. The Morgan fingerprint density at radius 1 is 1.10 bits per heavy atom. The van der Waals surface area contributed by atoms with Crippen molar-refractivity contribution in [3.63, 3.8) is 0 Å². The van der Waals surface area contributed by atoms with Crippen LogP contribution in [0.3, 0.4) is 0 Å². The number of fused-ring (bicyclic) bond motifs is 3. The first-order valence-electron chi connectivity index (χ1n) is 11.1. The minimum atomic E-state index is 0.0197.